The van der Waals surface area contributed by atoms with E-state index < -0.39 is 0 Å². The molecule has 2 aromatic heterocycles. The molecule has 0 amide bonds. The number of hydrogen-bond donors (Lipinski definition) is 0. The number of rotatable bonds is 5. The van der Waals surface area contributed by atoms with Crippen LogP contribution in [0, 0.1) is 0 Å². The van der Waals surface area contributed by atoms with Crippen molar-refractivity contribution in [2.75, 3.05) is 0 Å². The van der Waals surface area contributed by atoms with Gasteiger partial charge in [0.15, 0.2) is 0 Å². The highest BCUT2D eigenvalue weighted by Crippen LogP contribution is 2.41. The molecule has 0 saturated carbocycles. The van der Waals surface area contributed by atoms with Gasteiger partial charge in [0, 0.05) is 33.7 Å². The van der Waals surface area contributed by atoms with Gasteiger partial charge in [-0.25, -0.2) is 0 Å². The van der Waals surface area contributed by atoms with Gasteiger partial charge in [-0.2, -0.15) is 0 Å². The van der Waals surface area contributed by atoms with Crippen molar-refractivity contribution in [2.24, 2.45) is 0 Å². The van der Waals surface area contributed by atoms with Crippen molar-refractivity contribution in [3.63, 3.8) is 0 Å². The van der Waals surface area contributed by atoms with E-state index in [-0.39, 0.29) is 0 Å². The molecule has 0 bridgehead atoms. The summed E-state index contributed by atoms with van der Waals surface area (Å²) in [6, 6.07) is 63.4. The maximum atomic E-state index is 2.44. The molecule has 2 heterocycles. The Balaban J connectivity index is 1.33. The molecule has 9 aromatic rings. The normalized spacial score (nSPS) is 11.5. The van der Waals surface area contributed by atoms with Crippen molar-refractivity contribution in [2.45, 2.75) is 0 Å². The molecule has 0 fully saturated rings. The van der Waals surface area contributed by atoms with Crippen LogP contribution in [-0.2, 0) is 0 Å². The van der Waals surface area contributed by atoms with Crippen molar-refractivity contribution in [3.8, 4) is 44.8 Å². The Morgan fingerprint density at radius 2 is 0.935 bits per heavy atom. The fourth-order valence-corrected chi connectivity index (χ4v) is 7.02. The lowest BCUT2D eigenvalue weighted by Crippen LogP contribution is -1.94. The van der Waals surface area contributed by atoms with E-state index in [1.807, 2.05) is 0 Å². The maximum absolute atomic E-state index is 2.44. The lowest BCUT2D eigenvalue weighted by Gasteiger charge is -2.14. The predicted molar refractivity (Wildman–Crippen MR) is 194 cm³/mol. The van der Waals surface area contributed by atoms with E-state index >= 15 is 0 Å². The zero-order chi connectivity index (χ0) is 30.5. The number of fused-ring (bicyclic) bond motifs is 5. The lowest BCUT2D eigenvalue weighted by molar-refractivity contribution is 1.13. The van der Waals surface area contributed by atoms with Crippen LogP contribution in [-0.4, -0.2) is 9.13 Å². The van der Waals surface area contributed by atoms with Crippen LogP contribution in [0.25, 0.3) is 77.5 Å². The lowest BCUT2D eigenvalue weighted by atomic mass is 9.90. The summed E-state index contributed by atoms with van der Waals surface area (Å²) >= 11 is 0. The van der Waals surface area contributed by atoms with Gasteiger partial charge in [-0.05, 0) is 88.0 Å². The third-order valence-corrected chi connectivity index (χ3v) is 9.17. The summed E-state index contributed by atoms with van der Waals surface area (Å²) < 4.78 is 4.72. The topological polar surface area (TPSA) is 9.86 Å². The molecular formula is C44H30N2. The van der Waals surface area contributed by atoms with E-state index in [0.717, 1.165) is 11.4 Å². The SMILES string of the molecule is c1ccc(-c2ccc(-c3ccccc3)c(-c3ccc4c(c3)c3ccc5c(ccn5-c5ccccc5)c3n4-c3ccccc3)c2)cc1. The van der Waals surface area contributed by atoms with Gasteiger partial charge in [-0.1, -0.05) is 121 Å². The largest absolute Gasteiger partial charge is 0.316 e. The first-order chi connectivity index (χ1) is 22.8. The van der Waals surface area contributed by atoms with Crippen LogP contribution in [0.3, 0.4) is 0 Å². The van der Waals surface area contributed by atoms with Gasteiger partial charge in [-0.15, -0.1) is 0 Å². The number of para-hydroxylation sites is 2. The van der Waals surface area contributed by atoms with Gasteiger partial charge in [-0.3, -0.25) is 0 Å². The summed E-state index contributed by atoms with van der Waals surface area (Å²) in [4.78, 5) is 0. The number of benzene rings is 7. The van der Waals surface area contributed by atoms with Gasteiger partial charge in [0.2, 0.25) is 0 Å². The summed E-state index contributed by atoms with van der Waals surface area (Å²) in [6.07, 6.45) is 2.19. The first kappa shape index (κ1) is 26.3. The predicted octanol–water partition coefficient (Wildman–Crippen LogP) is 11.7. The van der Waals surface area contributed by atoms with Gasteiger partial charge in [0.25, 0.3) is 0 Å². The molecule has 9 rings (SSSR count). The molecule has 0 saturated heterocycles. The molecule has 0 spiro atoms. The van der Waals surface area contributed by atoms with Crippen LogP contribution in [0.4, 0.5) is 0 Å². The standard InChI is InChI=1S/C44H30N2/c1-5-13-31(14-6-1)33-21-23-37(32-15-7-2-8-16-32)40(29-33)34-22-25-43-41(30-34)38-24-26-42-39(27-28-45(42)35-17-9-3-10-18-35)44(38)46(43)36-19-11-4-12-20-36/h1-30H. The summed E-state index contributed by atoms with van der Waals surface area (Å²) in [5.74, 6) is 0. The van der Waals surface area contributed by atoms with E-state index in [9.17, 15) is 0 Å². The number of aromatic nitrogens is 2. The van der Waals surface area contributed by atoms with Crippen molar-refractivity contribution in [1.29, 1.82) is 0 Å². The average molecular weight is 587 g/mol. The van der Waals surface area contributed by atoms with E-state index in [1.54, 1.807) is 0 Å². The summed E-state index contributed by atoms with van der Waals surface area (Å²) in [5.41, 5.74) is 13.3. The Hall–Kier alpha value is -6.12. The van der Waals surface area contributed by atoms with E-state index in [0.29, 0.717) is 0 Å². The minimum atomic E-state index is 1.16. The van der Waals surface area contributed by atoms with E-state index in [4.69, 9.17) is 0 Å². The summed E-state index contributed by atoms with van der Waals surface area (Å²) in [6.45, 7) is 0. The molecule has 0 aliphatic rings. The quantitative estimate of drug-likeness (QED) is 0.190. The number of nitrogens with zero attached hydrogens (tertiary/aromatic N) is 2. The van der Waals surface area contributed by atoms with Gasteiger partial charge >= 0.3 is 0 Å². The molecule has 7 aromatic carbocycles. The zero-order valence-corrected chi connectivity index (χ0v) is 25.2. The first-order valence-corrected chi connectivity index (χ1v) is 15.8. The van der Waals surface area contributed by atoms with Gasteiger partial charge in [0.1, 0.15) is 0 Å². The van der Waals surface area contributed by atoms with Crippen LogP contribution in [0.2, 0.25) is 0 Å². The van der Waals surface area contributed by atoms with Gasteiger partial charge in [0.05, 0.1) is 16.6 Å². The van der Waals surface area contributed by atoms with Crippen LogP contribution < -0.4 is 0 Å². The fourth-order valence-electron chi connectivity index (χ4n) is 7.02. The summed E-state index contributed by atoms with van der Waals surface area (Å²) in [7, 11) is 0. The second-order valence-corrected chi connectivity index (χ2v) is 11.8. The second-order valence-electron chi connectivity index (χ2n) is 11.8. The zero-order valence-electron chi connectivity index (χ0n) is 25.2. The minimum absolute atomic E-state index is 1.16. The van der Waals surface area contributed by atoms with Crippen LogP contribution in [0.5, 0.6) is 0 Å². The molecule has 0 N–H and O–H groups in total. The Labute approximate surface area is 268 Å². The van der Waals surface area contributed by atoms with E-state index in [2.05, 4.69) is 191 Å². The Kier molecular flexibility index (Phi) is 6.17. The van der Waals surface area contributed by atoms with E-state index in [1.165, 1.54) is 66.1 Å². The molecule has 46 heavy (non-hydrogen) atoms. The minimum Gasteiger partial charge on any atom is -0.316 e. The third kappa shape index (κ3) is 4.27. The van der Waals surface area contributed by atoms with Crippen LogP contribution in [0.15, 0.2) is 182 Å². The number of hydrogen-bond acceptors (Lipinski definition) is 0. The monoisotopic (exact) mass is 586 g/mol. The van der Waals surface area contributed by atoms with Crippen molar-refractivity contribution >= 4 is 32.7 Å². The molecule has 0 atom stereocenters. The molecular weight excluding hydrogens is 556 g/mol. The molecule has 0 aliphatic carbocycles. The molecule has 2 nitrogen and oxygen atoms in total. The Morgan fingerprint density at radius 1 is 0.326 bits per heavy atom. The molecule has 0 radical (unpaired) electrons. The van der Waals surface area contributed by atoms with Gasteiger partial charge < -0.3 is 9.13 Å². The summed E-state index contributed by atoms with van der Waals surface area (Å²) in [5, 5.41) is 3.73. The highest BCUT2D eigenvalue weighted by molar-refractivity contribution is 6.19. The molecule has 216 valence electrons. The van der Waals surface area contributed by atoms with Crippen molar-refractivity contribution in [3.05, 3.63) is 182 Å². The maximum Gasteiger partial charge on any atom is 0.0635 e. The highest BCUT2D eigenvalue weighted by atomic mass is 15.0. The van der Waals surface area contributed by atoms with Crippen LogP contribution >= 0.6 is 0 Å². The molecule has 2 heteroatoms. The first-order valence-electron chi connectivity index (χ1n) is 15.8. The molecule has 0 unspecified atom stereocenters. The third-order valence-electron chi connectivity index (χ3n) is 9.17. The molecule has 0 aliphatic heterocycles. The van der Waals surface area contributed by atoms with Crippen molar-refractivity contribution < 1.29 is 0 Å². The highest BCUT2D eigenvalue weighted by Gasteiger charge is 2.19. The van der Waals surface area contributed by atoms with Crippen molar-refractivity contribution in [1.82, 2.24) is 9.13 Å². The Bertz CT molecular complexity index is 2490. The second kappa shape index (κ2) is 10.8. The average Bonchev–Trinajstić information content (AvgIpc) is 3.72. The fraction of sp³-hybridized carbons (Fsp3) is 0. The Morgan fingerprint density at radius 3 is 1.65 bits per heavy atom. The van der Waals surface area contributed by atoms with Crippen LogP contribution in [0.1, 0.15) is 0 Å². The smallest absolute Gasteiger partial charge is 0.0635 e.